The Balaban J connectivity index is 1.83. The first-order valence-electron chi connectivity index (χ1n) is 7.69. The summed E-state index contributed by atoms with van der Waals surface area (Å²) in [6.45, 7) is 0. The summed E-state index contributed by atoms with van der Waals surface area (Å²) in [6.07, 6.45) is 2.73. The summed E-state index contributed by atoms with van der Waals surface area (Å²) in [5.41, 5.74) is 2.40. The van der Waals surface area contributed by atoms with Gasteiger partial charge in [0.25, 0.3) is 15.9 Å². The number of hydrogen-bond donors (Lipinski definition) is 1. The largest absolute Gasteiger partial charge is 0.273 e. The number of carbonyl (C=O) groups excluding carboxylic acids is 1. The second-order valence-electron chi connectivity index (χ2n) is 5.45. The van der Waals surface area contributed by atoms with Gasteiger partial charge in [0.2, 0.25) is 0 Å². The molecule has 1 N–H and O–H groups in total. The second-order valence-corrected chi connectivity index (χ2v) is 9.12. The van der Waals surface area contributed by atoms with Crippen LogP contribution in [0, 0.1) is 0 Å². The standard InChI is InChI=1S/C19H13Cl2NO3S2/c20-16-9-7-14(12-17(16)21)15-5-2-1-4-13(15)8-10-18(23)22-27(24,25)19-6-3-11-26-19/h1-12H,(H,22,23). The van der Waals surface area contributed by atoms with E-state index in [2.05, 4.69) is 0 Å². The van der Waals surface area contributed by atoms with E-state index in [0.29, 0.717) is 10.0 Å². The van der Waals surface area contributed by atoms with Crippen LogP contribution in [0.5, 0.6) is 0 Å². The molecule has 138 valence electrons. The van der Waals surface area contributed by atoms with Crippen molar-refractivity contribution in [3.05, 3.63) is 81.7 Å². The van der Waals surface area contributed by atoms with E-state index < -0.39 is 15.9 Å². The van der Waals surface area contributed by atoms with E-state index in [1.807, 2.05) is 35.1 Å². The molecule has 1 heterocycles. The van der Waals surface area contributed by atoms with E-state index in [9.17, 15) is 13.2 Å². The van der Waals surface area contributed by atoms with Crippen LogP contribution in [0.15, 0.2) is 70.3 Å². The topological polar surface area (TPSA) is 63.2 Å². The van der Waals surface area contributed by atoms with Crippen molar-refractivity contribution in [3.63, 3.8) is 0 Å². The van der Waals surface area contributed by atoms with E-state index in [-0.39, 0.29) is 4.21 Å². The molecule has 0 radical (unpaired) electrons. The van der Waals surface area contributed by atoms with Gasteiger partial charge in [0, 0.05) is 6.08 Å². The summed E-state index contributed by atoms with van der Waals surface area (Å²) in [5, 5.41) is 2.50. The fourth-order valence-electron chi connectivity index (χ4n) is 2.37. The number of carbonyl (C=O) groups is 1. The lowest BCUT2D eigenvalue weighted by molar-refractivity contribution is -0.114. The minimum Gasteiger partial charge on any atom is -0.269 e. The zero-order chi connectivity index (χ0) is 19.4. The smallest absolute Gasteiger partial charge is 0.269 e. The fraction of sp³-hybridized carbons (Fsp3) is 0. The summed E-state index contributed by atoms with van der Waals surface area (Å²) in [6, 6.07) is 15.7. The summed E-state index contributed by atoms with van der Waals surface area (Å²) in [4.78, 5) is 12.1. The highest BCUT2D eigenvalue weighted by atomic mass is 35.5. The van der Waals surface area contributed by atoms with Crippen LogP contribution < -0.4 is 4.72 Å². The minimum atomic E-state index is -3.86. The molecule has 0 fully saturated rings. The molecule has 0 bridgehead atoms. The molecule has 0 saturated heterocycles. The van der Waals surface area contributed by atoms with Gasteiger partial charge in [0.15, 0.2) is 0 Å². The molecule has 0 spiro atoms. The van der Waals surface area contributed by atoms with Crippen molar-refractivity contribution >= 4 is 56.5 Å². The predicted molar refractivity (Wildman–Crippen MR) is 111 cm³/mol. The van der Waals surface area contributed by atoms with Crippen LogP contribution in [-0.4, -0.2) is 14.3 Å². The van der Waals surface area contributed by atoms with Crippen molar-refractivity contribution < 1.29 is 13.2 Å². The highest BCUT2D eigenvalue weighted by molar-refractivity contribution is 7.92. The lowest BCUT2D eigenvalue weighted by atomic mass is 9.99. The van der Waals surface area contributed by atoms with Crippen molar-refractivity contribution in [2.75, 3.05) is 0 Å². The summed E-state index contributed by atoms with van der Waals surface area (Å²) in [7, 11) is -3.86. The Morgan fingerprint density at radius 3 is 2.48 bits per heavy atom. The van der Waals surface area contributed by atoms with Gasteiger partial charge in [-0.05, 0) is 46.3 Å². The Bertz CT molecular complexity index is 1110. The van der Waals surface area contributed by atoms with Gasteiger partial charge in [-0.15, -0.1) is 11.3 Å². The Hall–Kier alpha value is -2.12. The number of halogens is 2. The van der Waals surface area contributed by atoms with Crippen LogP contribution in [0.4, 0.5) is 0 Å². The average molecular weight is 438 g/mol. The van der Waals surface area contributed by atoms with E-state index in [0.717, 1.165) is 28.0 Å². The maximum atomic E-state index is 12.1. The molecule has 8 heteroatoms. The lowest BCUT2D eigenvalue weighted by Crippen LogP contribution is -2.28. The van der Waals surface area contributed by atoms with Crippen molar-refractivity contribution in [2.24, 2.45) is 0 Å². The first-order valence-corrected chi connectivity index (χ1v) is 10.8. The van der Waals surface area contributed by atoms with E-state index in [1.54, 1.807) is 29.7 Å². The number of sulfonamides is 1. The SMILES string of the molecule is O=C(C=Cc1ccccc1-c1ccc(Cl)c(Cl)c1)NS(=O)(=O)c1cccs1. The first-order chi connectivity index (χ1) is 12.9. The van der Waals surface area contributed by atoms with Crippen LogP contribution in [-0.2, 0) is 14.8 Å². The van der Waals surface area contributed by atoms with E-state index >= 15 is 0 Å². The summed E-state index contributed by atoms with van der Waals surface area (Å²) < 4.78 is 26.3. The second kappa shape index (κ2) is 8.27. The van der Waals surface area contributed by atoms with Gasteiger partial charge in [0.1, 0.15) is 4.21 Å². The molecular weight excluding hydrogens is 425 g/mol. The molecule has 3 rings (SSSR count). The van der Waals surface area contributed by atoms with Gasteiger partial charge in [-0.3, -0.25) is 4.79 Å². The minimum absolute atomic E-state index is 0.0838. The van der Waals surface area contributed by atoms with Crippen molar-refractivity contribution in [2.45, 2.75) is 4.21 Å². The average Bonchev–Trinajstić information content (AvgIpc) is 3.18. The number of rotatable bonds is 5. The van der Waals surface area contributed by atoms with Crippen molar-refractivity contribution in [1.29, 1.82) is 0 Å². The van der Waals surface area contributed by atoms with Gasteiger partial charge in [0.05, 0.1) is 10.0 Å². The van der Waals surface area contributed by atoms with Crippen LogP contribution >= 0.6 is 34.5 Å². The molecular formula is C19H13Cl2NO3S2. The van der Waals surface area contributed by atoms with Gasteiger partial charge >= 0.3 is 0 Å². The normalized spacial score (nSPS) is 11.6. The molecule has 2 aromatic carbocycles. The summed E-state index contributed by atoms with van der Waals surface area (Å²) >= 11 is 13.1. The zero-order valence-corrected chi connectivity index (χ0v) is 16.9. The number of amides is 1. The lowest BCUT2D eigenvalue weighted by Gasteiger charge is -2.08. The first kappa shape index (κ1) is 19.6. The molecule has 3 aromatic rings. The highest BCUT2D eigenvalue weighted by Crippen LogP contribution is 2.30. The van der Waals surface area contributed by atoms with E-state index in [1.165, 1.54) is 12.1 Å². The molecule has 1 amide bonds. The predicted octanol–water partition coefficient (Wildman–Crippen LogP) is 5.24. The Morgan fingerprint density at radius 2 is 1.78 bits per heavy atom. The van der Waals surface area contributed by atoms with E-state index in [4.69, 9.17) is 23.2 Å². The van der Waals surface area contributed by atoms with Crippen LogP contribution in [0.2, 0.25) is 10.0 Å². The Kier molecular flexibility index (Phi) is 6.01. The molecule has 1 aromatic heterocycles. The monoisotopic (exact) mass is 437 g/mol. The third-order valence-corrected chi connectivity index (χ3v) is 7.08. The quantitative estimate of drug-likeness (QED) is 0.554. The maximum absolute atomic E-state index is 12.1. The number of thiophene rings is 1. The Labute approximate surface area is 171 Å². The molecule has 0 unspecified atom stereocenters. The van der Waals surface area contributed by atoms with Crippen LogP contribution in [0.3, 0.4) is 0 Å². The highest BCUT2D eigenvalue weighted by Gasteiger charge is 2.17. The van der Waals surface area contributed by atoms with Gasteiger partial charge < -0.3 is 0 Å². The molecule has 27 heavy (non-hydrogen) atoms. The molecule has 0 aliphatic heterocycles. The number of hydrogen-bond acceptors (Lipinski definition) is 4. The van der Waals surface area contributed by atoms with Gasteiger partial charge in [-0.1, -0.05) is 59.6 Å². The number of benzene rings is 2. The molecule has 0 atom stereocenters. The molecule has 0 aliphatic carbocycles. The van der Waals surface area contributed by atoms with Crippen molar-refractivity contribution in [3.8, 4) is 11.1 Å². The number of nitrogens with one attached hydrogen (secondary N) is 1. The third kappa shape index (κ3) is 4.78. The zero-order valence-electron chi connectivity index (χ0n) is 13.7. The third-order valence-electron chi connectivity index (χ3n) is 3.60. The fourth-order valence-corrected chi connectivity index (χ4v) is 4.60. The van der Waals surface area contributed by atoms with Gasteiger partial charge in [-0.2, -0.15) is 0 Å². The van der Waals surface area contributed by atoms with Crippen LogP contribution in [0.1, 0.15) is 5.56 Å². The molecule has 0 saturated carbocycles. The summed E-state index contributed by atoms with van der Waals surface area (Å²) in [5.74, 6) is -0.729. The van der Waals surface area contributed by atoms with Crippen LogP contribution in [0.25, 0.3) is 17.2 Å². The van der Waals surface area contributed by atoms with Gasteiger partial charge in [-0.25, -0.2) is 13.1 Å². The molecule has 4 nitrogen and oxygen atoms in total. The maximum Gasteiger partial charge on any atom is 0.273 e. The molecule has 0 aliphatic rings. The van der Waals surface area contributed by atoms with Crippen molar-refractivity contribution in [1.82, 2.24) is 4.72 Å². The Morgan fingerprint density at radius 1 is 1.00 bits per heavy atom.